The van der Waals surface area contributed by atoms with E-state index in [4.69, 9.17) is 15.3 Å². The summed E-state index contributed by atoms with van der Waals surface area (Å²) in [5, 5.41) is 26.2. The molecule has 0 saturated carbocycles. The van der Waals surface area contributed by atoms with Crippen molar-refractivity contribution < 1.29 is 24.9 Å². The van der Waals surface area contributed by atoms with Crippen LogP contribution in [-0.2, 0) is 9.59 Å². The van der Waals surface area contributed by atoms with Gasteiger partial charge in [-0.2, -0.15) is 0 Å². The fourth-order valence-electron chi connectivity index (χ4n) is 2.41. The molecule has 6 nitrogen and oxygen atoms in total. The van der Waals surface area contributed by atoms with E-state index < -0.39 is 11.9 Å². The SMILES string of the molecule is O=C(O)CCCCCCCN(CCO)CCCCCC(=O)O. The zero-order valence-electron chi connectivity index (χ0n) is 13.5. The van der Waals surface area contributed by atoms with Gasteiger partial charge in [0.1, 0.15) is 0 Å². The molecule has 0 bridgehead atoms. The third kappa shape index (κ3) is 15.3. The van der Waals surface area contributed by atoms with Crippen molar-refractivity contribution in [2.45, 2.75) is 64.2 Å². The van der Waals surface area contributed by atoms with Gasteiger partial charge in [0.25, 0.3) is 0 Å². The maximum atomic E-state index is 10.4. The summed E-state index contributed by atoms with van der Waals surface area (Å²) in [6.07, 6.45) is 7.98. The van der Waals surface area contributed by atoms with Crippen LogP contribution in [0.25, 0.3) is 0 Å². The zero-order valence-corrected chi connectivity index (χ0v) is 13.5. The lowest BCUT2D eigenvalue weighted by atomic mass is 10.1. The minimum absolute atomic E-state index is 0.147. The lowest BCUT2D eigenvalue weighted by Gasteiger charge is -2.21. The normalized spacial score (nSPS) is 11.0. The first-order valence-electron chi connectivity index (χ1n) is 8.33. The van der Waals surface area contributed by atoms with Crippen LogP contribution in [0.3, 0.4) is 0 Å². The van der Waals surface area contributed by atoms with Crippen molar-refractivity contribution in [3.63, 3.8) is 0 Å². The summed E-state index contributed by atoms with van der Waals surface area (Å²) in [4.78, 5) is 23.0. The number of rotatable bonds is 16. The Balaban J connectivity index is 3.54. The highest BCUT2D eigenvalue weighted by molar-refractivity contribution is 5.66. The number of aliphatic hydroxyl groups excluding tert-OH is 1. The van der Waals surface area contributed by atoms with E-state index >= 15 is 0 Å². The van der Waals surface area contributed by atoms with Crippen LogP contribution >= 0.6 is 0 Å². The molecule has 0 aliphatic rings. The van der Waals surface area contributed by atoms with Gasteiger partial charge in [-0.15, -0.1) is 0 Å². The summed E-state index contributed by atoms with van der Waals surface area (Å²) in [5.74, 6) is -1.47. The quantitative estimate of drug-likeness (QED) is 0.378. The smallest absolute Gasteiger partial charge is 0.303 e. The van der Waals surface area contributed by atoms with Crippen molar-refractivity contribution >= 4 is 11.9 Å². The maximum absolute atomic E-state index is 10.4. The van der Waals surface area contributed by atoms with Crippen molar-refractivity contribution in [1.29, 1.82) is 0 Å². The first-order valence-corrected chi connectivity index (χ1v) is 8.33. The molecule has 22 heavy (non-hydrogen) atoms. The van der Waals surface area contributed by atoms with Crippen LogP contribution in [0, 0.1) is 0 Å². The Kier molecular flexibility index (Phi) is 14.0. The van der Waals surface area contributed by atoms with Gasteiger partial charge in [0.05, 0.1) is 6.61 Å². The number of hydrogen-bond donors (Lipinski definition) is 3. The van der Waals surface area contributed by atoms with Crippen LogP contribution in [-0.4, -0.2) is 58.4 Å². The zero-order chi connectivity index (χ0) is 16.6. The molecule has 0 radical (unpaired) electrons. The first-order chi connectivity index (χ1) is 10.6. The monoisotopic (exact) mass is 317 g/mol. The molecule has 3 N–H and O–H groups in total. The highest BCUT2D eigenvalue weighted by Crippen LogP contribution is 2.08. The molecule has 130 valence electrons. The van der Waals surface area contributed by atoms with E-state index in [1.54, 1.807) is 0 Å². The fourth-order valence-corrected chi connectivity index (χ4v) is 2.41. The van der Waals surface area contributed by atoms with Crippen LogP contribution in [0.15, 0.2) is 0 Å². The van der Waals surface area contributed by atoms with Gasteiger partial charge in [-0.25, -0.2) is 0 Å². The van der Waals surface area contributed by atoms with Crippen LogP contribution in [0.4, 0.5) is 0 Å². The van der Waals surface area contributed by atoms with Gasteiger partial charge < -0.3 is 20.2 Å². The number of aliphatic carboxylic acids is 2. The van der Waals surface area contributed by atoms with E-state index in [1.807, 2.05) is 0 Å². The lowest BCUT2D eigenvalue weighted by Crippen LogP contribution is -2.29. The van der Waals surface area contributed by atoms with Gasteiger partial charge in [-0.3, -0.25) is 9.59 Å². The topological polar surface area (TPSA) is 98.1 Å². The molecule has 0 aromatic heterocycles. The average molecular weight is 317 g/mol. The third-order valence-electron chi connectivity index (χ3n) is 3.65. The Labute approximate surface area is 133 Å². The molecule has 0 amide bonds. The summed E-state index contributed by atoms with van der Waals surface area (Å²) in [6, 6.07) is 0. The second-order valence-electron chi connectivity index (χ2n) is 5.68. The van der Waals surface area contributed by atoms with Gasteiger partial charge in [0, 0.05) is 19.4 Å². The molecule has 0 fully saturated rings. The molecule has 6 heteroatoms. The number of carboxylic acid groups (broad SMARTS) is 2. The Morgan fingerprint density at radius 1 is 0.636 bits per heavy atom. The fraction of sp³-hybridized carbons (Fsp3) is 0.875. The Bertz CT molecular complexity index is 296. The van der Waals surface area contributed by atoms with Crippen molar-refractivity contribution in [1.82, 2.24) is 4.90 Å². The van der Waals surface area contributed by atoms with E-state index in [-0.39, 0.29) is 19.4 Å². The van der Waals surface area contributed by atoms with Crippen molar-refractivity contribution in [2.75, 3.05) is 26.2 Å². The Morgan fingerprint density at radius 2 is 1.05 bits per heavy atom. The Hall–Kier alpha value is -1.14. The summed E-state index contributed by atoms with van der Waals surface area (Å²) >= 11 is 0. The van der Waals surface area contributed by atoms with E-state index in [9.17, 15) is 9.59 Å². The molecule has 0 spiro atoms. The number of carboxylic acids is 2. The second-order valence-corrected chi connectivity index (χ2v) is 5.68. The molecule has 0 aliphatic carbocycles. The van der Waals surface area contributed by atoms with Gasteiger partial charge in [-0.1, -0.05) is 25.7 Å². The molecule has 0 rings (SSSR count). The molecule has 0 aliphatic heterocycles. The van der Waals surface area contributed by atoms with Crippen LogP contribution < -0.4 is 0 Å². The highest BCUT2D eigenvalue weighted by Gasteiger charge is 2.05. The van der Waals surface area contributed by atoms with Gasteiger partial charge >= 0.3 is 11.9 Å². The first kappa shape index (κ1) is 20.9. The van der Waals surface area contributed by atoms with Crippen LogP contribution in [0.1, 0.15) is 64.2 Å². The number of hydrogen-bond acceptors (Lipinski definition) is 4. The van der Waals surface area contributed by atoms with Crippen molar-refractivity contribution in [3.05, 3.63) is 0 Å². The summed E-state index contributed by atoms with van der Waals surface area (Å²) in [5.41, 5.74) is 0. The molecule has 0 atom stereocenters. The third-order valence-corrected chi connectivity index (χ3v) is 3.65. The molecule has 0 heterocycles. The van der Waals surface area contributed by atoms with Gasteiger partial charge in [-0.05, 0) is 38.8 Å². The van der Waals surface area contributed by atoms with Gasteiger partial charge in [0.15, 0.2) is 0 Å². The van der Waals surface area contributed by atoms with E-state index in [2.05, 4.69) is 4.90 Å². The molecule has 0 aromatic rings. The summed E-state index contributed by atoms with van der Waals surface area (Å²) in [7, 11) is 0. The Morgan fingerprint density at radius 3 is 1.50 bits per heavy atom. The second kappa shape index (κ2) is 14.8. The minimum Gasteiger partial charge on any atom is -0.481 e. The number of aliphatic hydroxyl groups is 1. The van der Waals surface area contributed by atoms with Gasteiger partial charge in [0.2, 0.25) is 0 Å². The number of nitrogens with zero attached hydrogens (tertiary/aromatic N) is 1. The molecule has 0 unspecified atom stereocenters. The maximum Gasteiger partial charge on any atom is 0.303 e. The van der Waals surface area contributed by atoms with Crippen molar-refractivity contribution in [2.24, 2.45) is 0 Å². The molecule has 0 saturated heterocycles. The minimum atomic E-state index is -0.741. The predicted octanol–water partition coefficient (Wildman–Crippen LogP) is 2.35. The van der Waals surface area contributed by atoms with E-state index in [1.165, 1.54) is 0 Å². The lowest BCUT2D eigenvalue weighted by molar-refractivity contribution is -0.138. The van der Waals surface area contributed by atoms with E-state index in [0.29, 0.717) is 13.0 Å². The molecule has 0 aromatic carbocycles. The van der Waals surface area contributed by atoms with Crippen LogP contribution in [0.2, 0.25) is 0 Å². The molecular weight excluding hydrogens is 286 g/mol. The average Bonchev–Trinajstić information content (AvgIpc) is 2.45. The van der Waals surface area contributed by atoms with Crippen molar-refractivity contribution in [3.8, 4) is 0 Å². The standard InChI is InChI=1S/C16H31NO5/c18-14-13-17(12-8-4-6-10-16(21)22)11-7-3-1-2-5-9-15(19)20/h18H,1-14H2,(H,19,20)(H,21,22). The van der Waals surface area contributed by atoms with E-state index in [0.717, 1.165) is 58.0 Å². The summed E-state index contributed by atoms with van der Waals surface area (Å²) in [6.45, 7) is 2.66. The highest BCUT2D eigenvalue weighted by atomic mass is 16.4. The number of carbonyl (C=O) groups is 2. The van der Waals surface area contributed by atoms with Crippen LogP contribution in [0.5, 0.6) is 0 Å². The number of unbranched alkanes of at least 4 members (excludes halogenated alkanes) is 6. The largest absolute Gasteiger partial charge is 0.481 e. The molecular formula is C16H31NO5. The predicted molar refractivity (Wildman–Crippen MR) is 85.0 cm³/mol. The summed E-state index contributed by atoms with van der Waals surface area (Å²) < 4.78 is 0.